The van der Waals surface area contributed by atoms with E-state index in [1.165, 1.54) is 0 Å². The lowest BCUT2D eigenvalue weighted by molar-refractivity contribution is -0.384. The largest absolute Gasteiger partial charge is 0.333 e. The number of nitrogens with zero attached hydrogens (tertiary/aromatic N) is 3. The third-order valence-electron chi connectivity index (χ3n) is 2.28. The van der Waals surface area contributed by atoms with Gasteiger partial charge in [0, 0.05) is 8.95 Å². The summed E-state index contributed by atoms with van der Waals surface area (Å²) in [7, 11) is 0. The quantitative estimate of drug-likeness (QED) is 0.407. The number of nitrogen functional groups attached to an aromatic ring is 1. The molecule has 0 bridgehead atoms. The van der Waals surface area contributed by atoms with E-state index in [4.69, 9.17) is 5.84 Å². The fourth-order valence-electron chi connectivity index (χ4n) is 1.39. The van der Waals surface area contributed by atoms with Crippen LogP contribution in [-0.2, 0) is 0 Å². The number of hydrogen-bond acceptors (Lipinski definition) is 7. The van der Waals surface area contributed by atoms with Crippen LogP contribution in [0.4, 0.5) is 23.1 Å². The highest BCUT2D eigenvalue weighted by molar-refractivity contribution is 9.11. The molecule has 0 radical (unpaired) electrons. The summed E-state index contributed by atoms with van der Waals surface area (Å²) in [5.74, 6) is 5.31. The minimum Gasteiger partial charge on any atom is -0.333 e. The molecule has 0 aliphatic rings. The van der Waals surface area contributed by atoms with Crippen LogP contribution in [0.5, 0.6) is 0 Å². The van der Waals surface area contributed by atoms with Gasteiger partial charge in [-0.25, -0.2) is 10.8 Å². The van der Waals surface area contributed by atoms with Crippen molar-refractivity contribution in [1.82, 2.24) is 9.97 Å². The van der Waals surface area contributed by atoms with Gasteiger partial charge in [0.25, 0.3) is 0 Å². The molecule has 0 aliphatic carbocycles. The van der Waals surface area contributed by atoms with Crippen molar-refractivity contribution in [2.45, 2.75) is 0 Å². The van der Waals surface area contributed by atoms with Crippen molar-refractivity contribution >= 4 is 55.0 Å². The second-order valence-electron chi connectivity index (χ2n) is 3.58. The summed E-state index contributed by atoms with van der Waals surface area (Å²) in [6.07, 6.45) is 1.08. The fraction of sp³-hybridized carbons (Fsp3) is 0. The molecule has 10 heteroatoms. The first-order valence-corrected chi connectivity index (χ1v) is 6.80. The lowest BCUT2D eigenvalue weighted by atomic mass is 10.3. The summed E-state index contributed by atoms with van der Waals surface area (Å²) < 4.78 is 1.55. The van der Waals surface area contributed by atoms with E-state index >= 15 is 0 Å². The minimum absolute atomic E-state index is 0.0387. The first-order valence-electron chi connectivity index (χ1n) is 5.21. The number of hydrazine groups is 1. The van der Waals surface area contributed by atoms with Gasteiger partial charge < -0.3 is 5.32 Å². The van der Waals surface area contributed by atoms with Crippen molar-refractivity contribution in [2.24, 2.45) is 5.84 Å². The molecule has 20 heavy (non-hydrogen) atoms. The maximum Gasteiger partial charge on any atom is 0.329 e. The highest BCUT2D eigenvalue weighted by Gasteiger charge is 2.18. The first-order chi connectivity index (χ1) is 9.51. The molecular weight excluding hydrogens is 396 g/mol. The molecule has 1 aromatic heterocycles. The molecular formula is C10H8Br2N6O2. The number of halogens is 2. The lowest BCUT2D eigenvalue weighted by Gasteiger charge is -2.09. The second-order valence-corrected chi connectivity index (χ2v) is 5.35. The maximum atomic E-state index is 11.0. The van der Waals surface area contributed by atoms with Crippen LogP contribution in [-0.4, -0.2) is 14.9 Å². The predicted octanol–water partition coefficient (Wildman–Crippen LogP) is 2.94. The number of nitro groups is 1. The van der Waals surface area contributed by atoms with Crippen molar-refractivity contribution in [3.05, 3.63) is 43.5 Å². The molecule has 0 atom stereocenters. The molecule has 1 heterocycles. The standard InChI is InChI=1S/C10H8Br2N6O2/c11-5-1-2-6(12)7(3-5)15-9-8(18(19)20)4-14-10(16-9)17-13/h1-4H,13H2,(H2,14,15,16,17). The Bertz CT molecular complexity index is 666. The van der Waals surface area contributed by atoms with E-state index in [0.29, 0.717) is 5.69 Å². The smallest absolute Gasteiger partial charge is 0.329 e. The second kappa shape index (κ2) is 6.11. The fourth-order valence-corrected chi connectivity index (χ4v) is 2.10. The summed E-state index contributed by atoms with van der Waals surface area (Å²) in [5.41, 5.74) is 2.60. The molecule has 1 aromatic carbocycles. The summed E-state index contributed by atoms with van der Waals surface area (Å²) in [6.45, 7) is 0. The van der Waals surface area contributed by atoms with E-state index < -0.39 is 4.92 Å². The number of anilines is 3. The molecule has 2 rings (SSSR count). The van der Waals surface area contributed by atoms with E-state index in [1.54, 1.807) is 12.1 Å². The van der Waals surface area contributed by atoms with Gasteiger partial charge in [0.2, 0.25) is 11.8 Å². The SMILES string of the molecule is NNc1ncc([N+](=O)[O-])c(Nc2cc(Br)ccc2Br)n1. The zero-order valence-electron chi connectivity index (χ0n) is 9.80. The summed E-state index contributed by atoms with van der Waals surface area (Å²) >= 11 is 6.67. The van der Waals surface area contributed by atoms with Gasteiger partial charge in [0.1, 0.15) is 6.20 Å². The van der Waals surface area contributed by atoms with E-state index in [2.05, 4.69) is 52.6 Å². The van der Waals surface area contributed by atoms with Gasteiger partial charge >= 0.3 is 5.69 Å². The number of benzene rings is 1. The molecule has 0 amide bonds. The van der Waals surface area contributed by atoms with Crippen LogP contribution in [0.3, 0.4) is 0 Å². The zero-order valence-corrected chi connectivity index (χ0v) is 13.0. The van der Waals surface area contributed by atoms with Gasteiger partial charge in [-0.2, -0.15) is 4.98 Å². The van der Waals surface area contributed by atoms with Gasteiger partial charge in [-0.1, -0.05) is 15.9 Å². The van der Waals surface area contributed by atoms with E-state index in [0.717, 1.165) is 15.1 Å². The Kier molecular flexibility index (Phi) is 4.47. The Morgan fingerprint density at radius 1 is 1.35 bits per heavy atom. The number of rotatable bonds is 4. The number of hydrogen-bond donors (Lipinski definition) is 3. The Morgan fingerprint density at radius 2 is 2.10 bits per heavy atom. The van der Waals surface area contributed by atoms with Crippen molar-refractivity contribution in [3.8, 4) is 0 Å². The molecule has 0 spiro atoms. The number of aromatic nitrogens is 2. The van der Waals surface area contributed by atoms with Crippen molar-refractivity contribution in [1.29, 1.82) is 0 Å². The molecule has 104 valence electrons. The Hall–Kier alpha value is -1.78. The van der Waals surface area contributed by atoms with Crippen LogP contribution in [0.25, 0.3) is 0 Å². The van der Waals surface area contributed by atoms with Crippen molar-refractivity contribution in [3.63, 3.8) is 0 Å². The molecule has 0 saturated carbocycles. The van der Waals surface area contributed by atoms with Crippen molar-refractivity contribution in [2.75, 3.05) is 10.7 Å². The number of nitrogens with two attached hydrogens (primary N) is 1. The van der Waals surface area contributed by atoms with Crippen LogP contribution in [0, 0.1) is 10.1 Å². The van der Waals surface area contributed by atoms with Crippen LogP contribution in [0.2, 0.25) is 0 Å². The zero-order chi connectivity index (χ0) is 14.7. The maximum absolute atomic E-state index is 11.0. The topological polar surface area (TPSA) is 119 Å². The molecule has 0 unspecified atom stereocenters. The Balaban J connectivity index is 2.45. The normalized spacial score (nSPS) is 10.2. The molecule has 2 aromatic rings. The van der Waals surface area contributed by atoms with Gasteiger partial charge in [-0.3, -0.25) is 15.5 Å². The monoisotopic (exact) mass is 402 g/mol. The Morgan fingerprint density at radius 3 is 2.75 bits per heavy atom. The number of nitrogens with one attached hydrogen (secondary N) is 2. The molecule has 8 nitrogen and oxygen atoms in total. The van der Waals surface area contributed by atoms with Gasteiger partial charge in [0.05, 0.1) is 10.6 Å². The minimum atomic E-state index is -0.575. The molecule has 0 aliphatic heterocycles. The lowest BCUT2D eigenvalue weighted by Crippen LogP contribution is -2.12. The van der Waals surface area contributed by atoms with Crippen molar-refractivity contribution < 1.29 is 4.92 Å². The van der Waals surface area contributed by atoms with Crippen LogP contribution < -0.4 is 16.6 Å². The first kappa shape index (κ1) is 14.6. The van der Waals surface area contributed by atoms with E-state index in [9.17, 15) is 10.1 Å². The van der Waals surface area contributed by atoms with Crippen LogP contribution in [0.1, 0.15) is 0 Å². The molecule has 0 saturated heterocycles. The highest BCUT2D eigenvalue weighted by atomic mass is 79.9. The van der Waals surface area contributed by atoms with Gasteiger partial charge in [-0.15, -0.1) is 0 Å². The van der Waals surface area contributed by atoms with E-state index in [1.807, 2.05) is 6.07 Å². The predicted molar refractivity (Wildman–Crippen MR) is 81.6 cm³/mol. The molecule has 0 fully saturated rings. The van der Waals surface area contributed by atoms with Crippen LogP contribution >= 0.6 is 31.9 Å². The van der Waals surface area contributed by atoms with Gasteiger partial charge in [0.15, 0.2) is 0 Å². The summed E-state index contributed by atoms with van der Waals surface area (Å²) in [6, 6.07) is 5.38. The van der Waals surface area contributed by atoms with E-state index in [-0.39, 0.29) is 17.5 Å². The average Bonchev–Trinajstić information content (AvgIpc) is 2.42. The third kappa shape index (κ3) is 3.21. The molecule has 4 N–H and O–H groups in total. The van der Waals surface area contributed by atoms with Gasteiger partial charge in [-0.05, 0) is 34.1 Å². The highest BCUT2D eigenvalue weighted by Crippen LogP contribution is 2.31. The average molecular weight is 404 g/mol. The van der Waals surface area contributed by atoms with Crippen LogP contribution in [0.15, 0.2) is 33.3 Å². The summed E-state index contributed by atoms with van der Waals surface area (Å²) in [5, 5.41) is 13.8. The summed E-state index contributed by atoms with van der Waals surface area (Å²) in [4.78, 5) is 18.1. The Labute approximate surface area is 130 Å². The third-order valence-corrected chi connectivity index (χ3v) is 3.46.